The lowest BCUT2D eigenvalue weighted by Gasteiger charge is -2.09. The Kier molecular flexibility index (Phi) is 6.49. The van der Waals surface area contributed by atoms with Crippen molar-refractivity contribution in [3.05, 3.63) is 53.6 Å². The summed E-state index contributed by atoms with van der Waals surface area (Å²) >= 11 is 0. The number of esters is 1. The summed E-state index contributed by atoms with van der Waals surface area (Å²) in [4.78, 5) is 11.3. The second-order valence-corrected chi connectivity index (χ2v) is 5.44. The quantitative estimate of drug-likeness (QED) is 0.455. The van der Waals surface area contributed by atoms with Crippen molar-refractivity contribution >= 4 is 11.7 Å². The molecular formula is C19H23NO4. The Bertz CT molecular complexity index is 668. The summed E-state index contributed by atoms with van der Waals surface area (Å²) in [6.07, 6.45) is 1.76. The van der Waals surface area contributed by atoms with E-state index in [4.69, 9.17) is 15.2 Å². The van der Waals surface area contributed by atoms with E-state index in [1.165, 1.54) is 7.11 Å². The van der Waals surface area contributed by atoms with Crippen molar-refractivity contribution in [2.24, 2.45) is 0 Å². The van der Waals surface area contributed by atoms with Gasteiger partial charge in [-0.3, -0.25) is 0 Å². The molecule has 0 radical (unpaired) electrons. The normalized spacial score (nSPS) is 10.2. The number of anilines is 1. The van der Waals surface area contributed by atoms with Crippen LogP contribution in [0.25, 0.3) is 0 Å². The van der Waals surface area contributed by atoms with Gasteiger partial charge in [-0.15, -0.1) is 0 Å². The lowest BCUT2D eigenvalue weighted by Crippen LogP contribution is -2.04. The van der Waals surface area contributed by atoms with Crippen molar-refractivity contribution in [3.8, 4) is 11.5 Å². The van der Waals surface area contributed by atoms with E-state index in [0.717, 1.165) is 35.6 Å². The van der Waals surface area contributed by atoms with E-state index in [1.807, 2.05) is 25.1 Å². The molecule has 0 amide bonds. The van der Waals surface area contributed by atoms with Crippen LogP contribution in [0.4, 0.5) is 5.69 Å². The molecule has 5 nitrogen and oxygen atoms in total. The maximum atomic E-state index is 11.3. The lowest BCUT2D eigenvalue weighted by atomic mass is 10.2. The van der Waals surface area contributed by atoms with Crippen LogP contribution in [0, 0.1) is 6.92 Å². The van der Waals surface area contributed by atoms with Crippen molar-refractivity contribution in [1.82, 2.24) is 0 Å². The molecule has 0 spiro atoms. The Labute approximate surface area is 142 Å². The van der Waals surface area contributed by atoms with Gasteiger partial charge in [-0.05, 0) is 55.7 Å². The van der Waals surface area contributed by atoms with Crippen molar-refractivity contribution in [1.29, 1.82) is 0 Å². The van der Waals surface area contributed by atoms with Crippen LogP contribution in [0.3, 0.4) is 0 Å². The number of nitrogen functional groups attached to an aromatic ring is 1. The highest BCUT2D eigenvalue weighted by atomic mass is 16.5. The average molecular weight is 329 g/mol. The van der Waals surface area contributed by atoms with Gasteiger partial charge in [0.05, 0.1) is 25.9 Å². The Morgan fingerprint density at radius 2 is 1.54 bits per heavy atom. The van der Waals surface area contributed by atoms with Crippen molar-refractivity contribution < 1.29 is 19.0 Å². The zero-order valence-corrected chi connectivity index (χ0v) is 14.1. The largest absolute Gasteiger partial charge is 0.494 e. The maximum Gasteiger partial charge on any atom is 0.337 e. The molecule has 0 aliphatic carbocycles. The van der Waals surface area contributed by atoms with Crippen LogP contribution in [0.1, 0.15) is 28.8 Å². The van der Waals surface area contributed by atoms with Crippen molar-refractivity contribution in [2.45, 2.75) is 19.8 Å². The van der Waals surface area contributed by atoms with Gasteiger partial charge >= 0.3 is 5.97 Å². The molecule has 5 heteroatoms. The number of nitrogens with two attached hydrogens (primary N) is 1. The van der Waals surface area contributed by atoms with E-state index < -0.39 is 0 Å². The van der Waals surface area contributed by atoms with Crippen LogP contribution < -0.4 is 15.2 Å². The number of benzene rings is 2. The number of unbranched alkanes of at least 4 members (excludes halogenated alkanes) is 1. The lowest BCUT2D eigenvalue weighted by molar-refractivity contribution is 0.0600. The monoisotopic (exact) mass is 329 g/mol. The molecule has 24 heavy (non-hydrogen) atoms. The smallest absolute Gasteiger partial charge is 0.337 e. The number of rotatable bonds is 8. The van der Waals surface area contributed by atoms with Crippen LogP contribution in [0.5, 0.6) is 11.5 Å². The third-order valence-electron chi connectivity index (χ3n) is 3.60. The van der Waals surface area contributed by atoms with Crippen LogP contribution in [0.2, 0.25) is 0 Å². The number of carbonyl (C=O) groups excluding carboxylic acids is 1. The summed E-state index contributed by atoms with van der Waals surface area (Å²) in [5.74, 6) is 1.17. The van der Waals surface area contributed by atoms with Crippen molar-refractivity contribution in [2.75, 3.05) is 26.1 Å². The Hall–Kier alpha value is -2.69. The van der Waals surface area contributed by atoms with Crippen LogP contribution in [-0.4, -0.2) is 26.3 Å². The first-order valence-electron chi connectivity index (χ1n) is 7.90. The zero-order valence-electron chi connectivity index (χ0n) is 14.1. The fourth-order valence-electron chi connectivity index (χ4n) is 2.10. The molecule has 2 N–H and O–H groups in total. The van der Waals surface area contributed by atoms with Crippen LogP contribution in [-0.2, 0) is 4.74 Å². The number of ether oxygens (including phenoxy) is 3. The van der Waals surface area contributed by atoms with E-state index in [0.29, 0.717) is 18.8 Å². The van der Waals surface area contributed by atoms with E-state index in [2.05, 4.69) is 4.74 Å². The molecule has 0 saturated carbocycles. The fourth-order valence-corrected chi connectivity index (χ4v) is 2.10. The summed E-state index contributed by atoms with van der Waals surface area (Å²) < 4.78 is 15.9. The molecule has 0 fully saturated rings. The van der Waals surface area contributed by atoms with Gasteiger partial charge in [-0.25, -0.2) is 4.79 Å². The molecule has 0 aromatic heterocycles. The summed E-state index contributed by atoms with van der Waals surface area (Å²) in [6, 6.07) is 12.6. The van der Waals surface area contributed by atoms with E-state index in [9.17, 15) is 4.79 Å². The fraction of sp³-hybridized carbons (Fsp3) is 0.316. The Morgan fingerprint density at radius 3 is 2.12 bits per heavy atom. The zero-order chi connectivity index (χ0) is 17.4. The number of hydrogen-bond donors (Lipinski definition) is 1. The topological polar surface area (TPSA) is 70.8 Å². The maximum absolute atomic E-state index is 11.3. The van der Waals surface area contributed by atoms with Gasteiger partial charge in [-0.2, -0.15) is 0 Å². The first-order valence-corrected chi connectivity index (χ1v) is 7.90. The second-order valence-electron chi connectivity index (χ2n) is 5.44. The SMILES string of the molecule is COC(=O)c1ccc(OCCCCOc2ccc(C)c(N)c2)cc1. The number of aryl methyl sites for hydroxylation is 1. The van der Waals surface area contributed by atoms with E-state index >= 15 is 0 Å². The van der Waals surface area contributed by atoms with Gasteiger partial charge in [0.2, 0.25) is 0 Å². The Balaban J connectivity index is 1.64. The number of hydrogen-bond acceptors (Lipinski definition) is 5. The van der Waals surface area contributed by atoms with E-state index in [1.54, 1.807) is 24.3 Å². The molecule has 0 unspecified atom stereocenters. The summed E-state index contributed by atoms with van der Waals surface area (Å²) in [6.45, 7) is 3.18. The molecular weight excluding hydrogens is 306 g/mol. The van der Waals surface area contributed by atoms with Gasteiger partial charge in [0.25, 0.3) is 0 Å². The molecule has 0 atom stereocenters. The summed E-state index contributed by atoms with van der Waals surface area (Å²) in [5.41, 5.74) is 8.15. The minimum absolute atomic E-state index is 0.351. The Morgan fingerprint density at radius 1 is 0.958 bits per heavy atom. The molecule has 2 aromatic carbocycles. The third-order valence-corrected chi connectivity index (χ3v) is 3.60. The number of carbonyl (C=O) groups is 1. The standard InChI is InChI=1S/C19H23NO4/c1-14-5-8-17(13-18(14)20)24-12-4-3-11-23-16-9-6-15(7-10-16)19(21)22-2/h5-10,13H,3-4,11-12,20H2,1-2H3. The predicted octanol–water partition coefficient (Wildman–Crippen LogP) is 3.60. The molecule has 128 valence electrons. The minimum Gasteiger partial charge on any atom is -0.494 e. The second kappa shape index (κ2) is 8.82. The van der Waals surface area contributed by atoms with Crippen LogP contribution in [0.15, 0.2) is 42.5 Å². The molecule has 0 aliphatic heterocycles. The van der Waals surface area contributed by atoms with Gasteiger partial charge < -0.3 is 19.9 Å². The summed E-state index contributed by atoms with van der Waals surface area (Å²) in [7, 11) is 1.36. The minimum atomic E-state index is -0.351. The number of methoxy groups -OCH3 is 1. The molecule has 2 aromatic rings. The van der Waals surface area contributed by atoms with Crippen molar-refractivity contribution in [3.63, 3.8) is 0 Å². The van der Waals surface area contributed by atoms with Gasteiger partial charge in [-0.1, -0.05) is 6.07 Å². The summed E-state index contributed by atoms with van der Waals surface area (Å²) in [5, 5.41) is 0. The first-order chi connectivity index (χ1) is 11.6. The average Bonchev–Trinajstić information content (AvgIpc) is 2.60. The molecule has 0 bridgehead atoms. The molecule has 0 heterocycles. The molecule has 2 rings (SSSR count). The third kappa shape index (κ3) is 5.19. The van der Waals surface area contributed by atoms with Crippen LogP contribution >= 0.6 is 0 Å². The van der Waals surface area contributed by atoms with Gasteiger partial charge in [0, 0.05) is 11.8 Å². The van der Waals surface area contributed by atoms with Gasteiger partial charge in [0.1, 0.15) is 11.5 Å². The predicted molar refractivity (Wildman–Crippen MR) is 93.6 cm³/mol. The molecule has 0 saturated heterocycles. The van der Waals surface area contributed by atoms with E-state index in [-0.39, 0.29) is 5.97 Å². The van der Waals surface area contributed by atoms with Gasteiger partial charge in [0.15, 0.2) is 0 Å². The highest BCUT2D eigenvalue weighted by molar-refractivity contribution is 5.89. The highest BCUT2D eigenvalue weighted by Crippen LogP contribution is 2.19. The molecule has 0 aliphatic rings. The highest BCUT2D eigenvalue weighted by Gasteiger charge is 2.04. The first kappa shape index (κ1) is 17.7.